The number of fused-ring (bicyclic) bond motifs is 1. The van der Waals surface area contributed by atoms with Crippen LogP contribution in [0.2, 0.25) is 0 Å². The largest absolute Gasteiger partial charge is 0.376 e. The number of hydrogen-bond acceptors (Lipinski definition) is 8. The van der Waals surface area contributed by atoms with Crippen LogP contribution in [0.3, 0.4) is 0 Å². The lowest BCUT2D eigenvalue weighted by atomic mass is 9.94. The van der Waals surface area contributed by atoms with Gasteiger partial charge in [0.15, 0.2) is 10.6 Å². The Balaban J connectivity index is 1.32. The van der Waals surface area contributed by atoms with Crippen molar-refractivity contribution in [3.05, 3.63) is 70.3 Å². The summed E-state index contributed by atoms with van der Waals surface area (Å²) in [5, 5.41) is 2.95. The van der Waals surface area contributed by atoms with Gasteiger partial charge in [0.1, 0.15) is 11.5 Å². The Morgan fingerprint density at radius 3 is 2.48 bits per heavy atom. The van der Waals surface area contributed by atoms with Crippen molar-refractivity contribution < 1.29 is 14.5 Å². The number of carbonyl (C=O) groups excluding carboxylic acids is 2. The number of hydrogen-bond donors (Lipinski definition) is 2. The molecule has 10 heteroatoms. The minimum Gasteiger partial charge on any atom is -0.376 e. The molecule has 0 aromatic carbocycles. The second-order valence-corrected chi connectivity index (χ2v) is 7.40. The van der Waals surface area contributed by atoms with Crippen molar-refractivity contribution in [1.82, 2.24) is 20.2 Å². The minimum absolute atomic E-state index is 0.0336. The first-order chi connectivity index (χ1) is 15.1. The van der Waals surface area contributed by atoms with Gasteiger partial charge in [0.05, 0.1) is 10.5 Å². The Morgan fingerprint density at radius 1 is 1.00 bits per heavy atom. The fourth-order valence-electron chi connectivity index (χ4n) is 3.87. The highest BCUT2D eigenvalue weighted by atomic mass is 16.3. The first-order valence-electron chi connectivity index (χ1n) is 10.2. The number of pyridine rings is 2. The number of carbonyl (C=O) groups is 2. The standard InChI is InChI=1S/C21H23N7O3/c22-28(31)19-18(21(30)17-15(20(19)29)5-3-8-24-17)25-9-4-10-26-11-13-27(14-12-26)16-6-1-2-7-23-16/h1-3,5-8H,4,9-14H2,(H2-,22,25,29,31)/p+1. The maximum absolute atomic E-state index is 12.8. The number of piperazine rings is 1. The van der Waals surface area contributed by atoms with Gasteiger partial charge in [0.2, 0.25) is 5.78 Å². The number of nitroso groups, excluding NO2 is 1. The fourth-order valence-corrected chi connectivity index (χ4v) is 3.87. The summed E-state index contributed by atoms with van der Waals surface area (Å²) in [6.07, 6.45) is 3.97. The Morgan fingerprint density at radius 2 is 1.77 bits per heavy atom. The smallest absolute Gasteiger partial charge is 0.366 e. The summed E-state index contributed by atoms with van der Waals surface area (Å²) in [6.45, 7) is 4.87. The van der Waals surface area contributed by atoms with E-state index >= 15 is 0 Å². The van der Waals surface area contributed by atoms with Gasteiger partial charge in [0.25, 0.3) is 5.78 Å². The van der Waals surface area contributed by atoms with E-state index in [1.165, 1.54) is 12.3 Å². The van der Waals surface area contributed by atoms with E-state index in [0.717, 1.165) is 45.0 Å². The summed E-state index contributed by atoms with van der Waals surface area (Å²) >= 11 is 0. The fraction of sp³-hybridized carbons (Fsp3) is 0.333. The number of Topliss-reactive ketones (excluding diaryl/α,β-unsaturated/α-hetero) is 2. The number of nitrogens with two attached hydrogens (primary N) is 1. The van der Waals surface area contributed by atoms with Gasteiger partial charge in [-0.3, -0.25) is 19.5 Å². The normalized spacial score (nSPS) is 17.0. The van der Waals surface area contributed by atoms with Gasteiger partial charge >= 0.3 is 5.70 Å². The highest BCUT2D eigenvalue weighted by molar-refractivity contribution is 6.24. The summed E-state index contributed by atoms with van der Waals surface area (Å²) in [4.78, 5) is 50.1. The predicted molar refractivity (Wildman–Crippen MR) is 113 cm³/mol. The van der Waals surface area contributed by atoms with E-state index in [2.05, 4.69) is 25.1 Å². The molecule has 0 bridgehead atoms. The maximum Gasteiger partial charge on any atom is 0.366 e. The van der Waals surface area contributed by atoms with Crippen molar-refractivity contribution >= 4 is 17.4 Å². The molecule has 2 aliphatic rings. The van der Waals surface area contributed by atoms with Crippen molar-refractivity contribution in [2.24, 2.45) is 5.84 Å². The number of aromatic nitrogens is 2. The Kier molecular flexibility index (Phi) is 5.99. The van der Waals surface area contributed by atoms with Crippen molar-refractivity contribution in [2.45, 2.75) is 6.42 Å². The van der Waals surface area contributed by atoms with E-state index in [-0.39, 0.29) is 27.5 Å². The van der Waals surface area contributed by atoms with Crippen LogP contribution in [0.25, 0.3) is 0 Å². The molecule has 0 unspecified atom stereocenters. The third-order valence-corrected chi connectivity index (χ3v) is 5.47. The molecule has 2 aromatic rings. The van der Waals surface area contributed by atoms with Crippen LogP contribution in [0, 0.1) is 4.91 Å². The van der Waals surface area contributed by atoms with Gasteiger partial charge in [0, 0.05) is 45.1 Å². The molecular formula is C21H24N7O3+. The van der Waals surface area contributed by atoms with Gasteiger partial charge in [-0.25, -0.2) is 4.98 Å². The summed E-state index contributed by atoms with van der Waals surface area (Å²) in [6, 6.07) is 8.91. The van der Waals surface area contributed by atoms with Crippen molar-refractivity contribution in [2.75, 3.05) is 44.2 Å². The average molecular weight is 422 g/mol. The molecule has 0 atom stereocenters. The van der Waals surface area contributed by atoms with Crippen LogP contribution in [-0.4, -0.2) is 70.6 Å². The maximum atomic E-state index is 12.8. The minimum atomic E-state index is -0.603. The van der Waals surface area contributed by atoms with Crippen LogP contribution in [0.5, 0.6) is 0 Å². The van der Waals surface area contributed by atoms with Crippen LogP contribution in [0.4, 0.5) is 5.82 Å². The zero-order chi connectivity index (χ0) is 21.8. The molecule has 0 saturated carbocycles. The number of anilines is 1. The Hall–Kier alpha value is -3.66. The third kappa shape index (κ3) is 4.29. The molecule has 160 valence electrons. The molecule has 10 nitrogen and oxygen atoms in total. The van der Waals surface area contributed by atoms with Gasteiger partial charge in [-0.2, -0.15) is 5.84 Å². The van der Waals surface area contributed by atoms with E-state index in [1.54, 1.807) is 12.3 Å². The van der Waals surface area contributed by atoms with Gasteiger partial charge in [-0.15, -0.1) is 0 Å². The SMILES string of the molecule is N[N+](=O)C1=C(NCCCN2CCN(c3ccccn3)CC2)C(=O)c2ncccc2C1=O. The first-order valence-corrected chi connectivity index (χ1v) is 10.2. The van der Waals surface area contributed by atoms with E-state index in [9.17, 15) is 14.5 Å². The molecule has 1 aliphatic carbocycles. The topological polar surface area (TPSA) is 125 Å². The lowest BCUT2D eigenvalue weighted by molar-refractivity contribution is -0.504. The second kappa shape index (κ2) is 9.00. The number of nitrogens with one attached hydrogen (secondary N) is 1. The zero-order valence-electron chi connectivity index (χ0n) is 17.0. The third-order valence-electron chi connectivity index (χ3n) is 5.47. The van der Waals surface area contributed by atoms with Crippen LogP contribution in [0.15, 0.2) is 54.1 Å². The number of ketones is 2. The van der Waals surface area contributed by atoms with Crippen LogP contribution >= 0.6 is 0 Å². The number of allylic oxidation sites excluding steroid dienone is 2. The monoisotopic (exact) mass is 422 g/mol. The van der Waals surface area contributed by atoms with Gasteiger partial charge in [-0.05, 0) is 37.2 Å². The van der Waals surface area contributed by atoms with E-state index in [0.29, 0.717) is 6.54 Å². The highest BCUT2D eigenvalue weighted by Gasteiger charge is 2.42. The first kappa shape index (κ1) is 20.6. The molecule has 3 heterocycles. The molecule has 0 amide bonds. The number of nitrogens with zero attached hydrogens (tertiary/aromatic N) is 5. The predicted octanol–water partition coefficient (Wildman–Crippen LogP) is 0.522. The Labute approximate surface area is 179 Å². The summed E-state index contributed by atoms with van der Waals surface area (Å²) in [5.41, 5.74) is -0.348. The van der Waals surface area contributed by atoms with Crippen LogP contribution in [-0.2, 0) is 0 Å². The molecule has 1 aliphatic heterocycles. The van der Waals surface area contributed by atoms with E-state index in [4.69, 9.17) is 5.84 Å². The molecule has 0 spiro atoms. The molecule has 4 rings (SSSR count). The van der Waals surface area contributed by atoms with Crippen molar-refractivity contribution in [3.63, 3.8) is 0 Å². The second-order valence-electron chi connectivity index (χ2n) is 7.40. The summed E-state index contributed by atoms with van der Waals surface area (Å²) in [5.74, 6) is 5.20. The molecular weight excluding hydrogens is 398 g/mol. The van der Waals surface area contributed by atoms with E-state index < -0.39 is 11.6 Å². The van der Waals surface area contributed by atoms with Gasteiger partial charge < -0.3 is 10.2 Å². The Bertz CT molecular complexity index is 1030. The molecule has 2 aromatic heterocycles. The molecule has 1 fully saturated rings. The van der Waals surface area contributed by atoms with E-state index in [1.807, 2.05) is 18.2 Å². The molecule has 0 radical (unpaired) electrons. The van der Waals surface area contributed by atoms with Crippen LogP contribution in [0.1, 0.15) is 27.3 Å². The molecule has 1 saturated heterocycles. The average Bonchev–Trinajstić information content (AvgIpc) is 2.80. The lowest BCUT2D eigenvalue weighted by Gasteiger charge is -2.35. The quantitative estimate of drug-likeness (QED) is 0.284. The lowest BCUT2D eigenvalue weighted by Crippen LogP contribution is -2.47. The van der Waals surface area contributed by atoms with Gasteiger partial charge in [-0.1, -0.05) is 6.07 Å². The van der Waals surface area contributed by atoms with Crippen molar-refractivity contribution in [3.8, 4) is 0 Å². The zero-order valence-corrected chi connectivity index (χ0v) is 17.0. The summed E-state index contributed by atoms with van der Waals surface area (Å²) in [7, 11) is 0. The number of rotatable bonds is 7. The molecule has 3 N–H and O–H groups in total. The molecule has 31 heavy (non-hydrogen) atoms. The van der Waals surface area contributed by atoms with Crippen LogP contribution < -0.4 is 16.1 Å². The number of hydrazine groups is 1. The highest BCUT2D eigenvalue weighted by Crippen LogP contribution is 2.23. The summed E-state index contributed by atoms with van der Waals surface area (Å²) < 4.78 is 0. The van der Waals surface area contributed by atoms with Crippen molar-refractivity contribution in [1.29, 1.82) is 0 Å².